The standard InChI is InChI=1S/3C7H12FNO2.Fe/c3*1-3-4-9-7(11)6(8)5(2)10;/h3*10H,3-4H2,1-2H3,(H,9,11);. The zero-order valence-corrected chi connectivity index (χ0v) is 21.4. The summed E-state index contributed by atoms with van der Waals surface area (Å²) in [6.45, 7) is 10.2. The summed E-state index contributed by atoms with van der Waals surface area (Å²) in [7, 11) is 0. The number of rotatable bonds is 9. The second kappa shape index (κ2) is 23.5. The molecule has 0 aromatic heterocycles. The van der Waals surface area contributed by atoms with Crippen LogP contribution in [0.25, 0.3) is 0 Å². The number of carbonyl (C=O) groups is 3. The Balaban J connectivity index is -0.000000196. The van der Waals surface area contributed by atoms with Gasteiger partial charge in [-0.05, 0) is 40.0 Å². The summed E-state index contributed by atoms with van der Waals surface area (Å²) in [4.78, 5) is 31.9. The van der Waals surface area contributed by atoms with Crippen molar-refractivity contribution in [1.82, 2.24) is 16.0 Å². The molecule has 0 aliphatic heterocycles. The van der Waals surface area contributed by atoms with Crippen molar-refractivity contribution in [2.24, 2.45) is 0 Å². The molecule has 34 heavy (non-hydrogen) atoms. The van der Waals surface area contributed by atoms with E-state index in [0.29, 0.717) is 19.6 Å². The molecule has 0 bridgehead atoms. The Morgan fingerprint density at radius 1 is 0.559 bits per heavy atom. The topological polar surface area (TPSA) is 148 Å². The van der Waals surface area contributed by atoms with E-state index in [1.165, 1.54) is 0 Å². The largest absolute Gasteiger partial charge is 0.509 e. The summed E-state index contributed by atoms with van der Waals surface area (Å²) in [6, 6.07) is 0. The predicted molar refractivity (Wildman–Crippen MR) is 119 cm³/mol. The van der Waals surface area contributed by atoms with Gasteiger partial charge in [-0.3, -0.25) is 14.4 Å². The molecule has 0 saturated carbocycles. The average molecular weight is 539 g/mol. The fourth-order valence-electron chi connectivity index (χ4n) is 1.44. The maximum atomic E-state index is 12.5. The minimum atomic E-state index is -1.11. The molecule has 0 radical (unpaired) electrons. The van der Waals surface area contributed by atoms with Crippen LogP contribution in [0.1, 0.15) is 60.8 Å². The van der Waals surface area contributed by atoms with Gasteiger partial charge in [0.15, 0.2) is 0 Å². The molecule has 0 heterocycles. The van der Waals surface area contributed by atoms with Crippen molar-refractivity contribution in [3.8, 4) is 0 Å². The summed E-state index contributed by atoms with van der Waals surface area (Å²) in [5.41, 5.74) is 0. The molecule has 0 aromatic carbocycles. The SMILES string of the molecule is CCCNC(=O)C(F)=C(C)O.CCCNC(=O)C(F)=C(C)O.CCCNC(=O)C(F)=C(C)O.[Fe]. The molecule has 3 amide bonds. The smallest absolute Gasteiger partial charge is 0.283 e. The summed E-state index contributed by atoms with van der Waals surface area (Å²) in [5, 5.41) is 32.4. The third-order valence-corrected chi connectivity index (χ3v) is 3.16. The third kappa shape index (κ3) is 21.2. The van der Waals surface area contributed by atoms with Crippen molar-refractivity contribution in [1.29, 1.82) is 0 Å². The van der Waals surface area contributed by atoms with Gasteiger partial charge in [0.1, 0.15) is 17.3 Å². The number of halogens is 3. The normalized spacial score (nSPS) is 11.9. The first-order chi connectivity index (χ1) is 15.3. The van der Waals surface area contributed by atoms with Crippen LogP contribution >= 0.6 is 0 Å². The molecule has 0 rings (SSSR count). The maximum Gasteiger partial charge on any atom is 0.283 e. The van der Waals surface area contributed by atoms with E-state index in [4.69, 9.17) is 15.3 Å². The molecule has 0 aromatic rings. The zero-order valence-electron chi connectivity index (χ0n) is 20.3. The number of amides is 3. The summed E-state index contributed by atoms with van der Waals surface area (Å²) < 4.78 is 37.4. The van der Waals surface area contributed by atoms with Crippen LogP contribution in [0.2, 0.25) is 0 Å². The van der Waals surface area contributed by atoms with Crippen LogP contribution in [-0.4, -0.2) is 52.7 Å². The van der Waals surface area contributed by atoms with Crippen LogP contribution in [0.5, 0.6) is 0 Å². The van der Waals surface area contributed by atoms with Crippen LogP contribution in [-0.2, 0) is 31.5 Å². The summed E-state index contributed by atoms with van der Waals surface area (Å²) in [6.07, 6.45) is 2.22. The van der Waals surface area contributed by atoms with Gasteiger partial charge < -0.3 is 31.3 Å². The van der Waals surface area contributed by atoms with Gasteiger partial charge >= 0.3 is 0 Å². The van der Waals surface area contributed by atoms with Crippen LogP contribution < -0.4 is 16.0 Å². The van der Waals surface area contributed by atoms with Crippen molar-refractivity contribution >= 4 is 17.7 Å². The van der Waals surface area contributed by atoms with Crippen molar-refractivity contribution in [2.75, 3.05) is 19.6 Å². The second-order valence-corrected chi connectivity index (χ2v) is 6.47. The molecule has 200 valence electrons. The van der Waals surface area contributed by atoms with E-state index in [1.807, 2.05) is 20.8 Å². The third-order valence-electron chi connectivity index (χ3n) is 3.16. The van der Waals surface area contributed by atoms with E-state index in [0.717, 1.165) is 40.0 Å². The summed E-state index contributed by atoms with van der Waals surface area (Å²) >= 11 is 0. The number of allylic oxidation sites excluding steroid dienone is 3. The van der Waals surface area contributed by atoms with Crippen LogP contribution in [0.15, 0.2) is 34.8 Å². The first kappa shape index (κ1) is 38.6. The fourth-order valence-corrected chi connectivity index (χ4v) is 1.44. The van der Waals surface area contributed by atoms with Crippen LogP contribution in [0.3, 0.4) is 0 Å². The molecule has 13 heteroatoms. The molecule has 0 atom stereocenters. The van der Waals surface area contributed by atoms with E-state index in [-0.39, 0.29) is 17.1 Å². The minimum absolute atomic E-state index is 0. The van der Waals surface area contributed by atoms with Crippen molar-refractivity contribution < 1.29 is 59.9 Å². The van der Waals surface area contributed by atoms with Gasteiger partial charge in [-0.25, -0.2) is 0 Å². The van der Waals surface area contributed by atoms with Crippen molar-refractivity contribution in [3.63, 3.8) is 0 Å². The first-order valence-corrected chi connectivity index (χ1v) is 10.3. The van der Waals surface area contributed by atoms with E-state index < -0.39 is 52.5 Å². The number of hydrogen-bond donors (Lipinski definition) is 6. The van der Waals surface area contributed by atoms with Gasteiger partial charge in [-0.1, -0.05) is 20.8 Å². The average Bonchev–Trinajstić information content (AvgIpc) is 2.78. The zero-order chi connectivity index (χ0) is 26.6. The molecule has 9 nitrogen and oxygen atoms in total. The Morgan fingerprint density at radius 2 is 0.735 bits per heavy atom. The van der Waals surface area contributed by atoms with Gasteiger partial charge in [-0.15, -0.1) is 0 Å². The molecule has 0 saturated heterocycles. The van der Waals surface area contributed by atoms with E-state index >= 15 is 0 Å². The molecule has 0 aliphatic carbocycles. The Labute approximate surface area is 209 Å². The monoisotopic (exact) mass is 539 g/mol. The Morgan fingerprint density at radius 3 is 0.853 bits per heavy atom. The second-order valence-electron chi connectivity index (χ2n) is 6.47. The first-order valence-electron chi connectivity index (χ1n) is 10.3. The molecule has 0 aliphatic rings. The van der Waals surface area contributed by atoms with Gasteiger partial charge in [0, 0.05) is 36.7 Å². The quantitative estimate of drug-likeness (QED) is 0.149. The fraction of sp³-hybridized carbons (Fsp3) is 0.571. The Bertz CT molecular complexity index is 621. The maximum absolute atomic E-state index is 12.5. The molecule has 0 unspecified atom stereocenters. The van der Waals surface area contributed by atoms with Gasteiger partial charge in [-0.2, -0.15) is 13.2 Å². The molecular formula is C21H36F3FeN3O6. The number of aliphatic hydroxyl groups excluding tert-OH is 3. The minimum Gasteiger partial charge on any atom is -0.509 e. The van der Waals surface area contributed by atoms with E-state index in [9.17, 15) is 27.6 Å². The van der Waals surface area contributed by atoms with Gasteiger partial charge in [0.25, 0.3) is 17.7 Å². The van der Waals surface area contributed by atoms with E-state index in [1.54, 1.807) is 0 Å². The number of aliphatic hydroxyl groups is 3. The predicted octanol–water partition coefficient (Wildman–Crippen LogP) is 3.81. The van der Waals surface area contributed by atoms with Gasteiger partial charge in [0.2, 0.25) is 17.5 Å². The van der Waals surface area contributed by atoms with Crippen molar-refractivity contribution in [3.05, 3.63) is 34.8 Å². The van der Waals surface area contributed by atoms with Crippen LogP contribution in [0.4, 0.5) is 13.2 Å². The molecule has 0 spiro atoms. The number of hydrogen-bond acceptors (Lipinski definition) is 6. The molecular weight excluding hydrogens is 503 g/mol. The molecule has 0 fully saturated rings. The number of carbonyl (C=O) groups excluding carboxylic acids is 3. The van der Waals surface area contributed by atoms with Crippen LogP contribution in [0, 0.1) is 0 Å². The van der Waals surface area contributed by atoms with Crippen molar-refractivity contribution in [2.45, 2.75) is 60.8 Å². The Hall–Kier alpha value is -2.66. The van der Waals surface area contributed by atoms with Gasteiger partial charge in [0.05, 0.1) is 0 Å². The molecule has 6 N–H and O–H groups in total. The van der Waals surface area contributed by atoms with E-state index in [2.05, 4.69) is 16.0 Å². The number of nitrogens with one attached hydrogen (secondary N) is 3. The Kier molecular flexibility index (Phi) is 26.7. The summed E-state index contributed by atoms with van der Waals surface area (Å²) in [5.74, 6) is -7.66.